The fourth-order valence-electron chi connectivity index (χ4n) is 1.12. The molecule has 72 valence electrons. The Morgan fingerprint density at radius 1 is 1.54 bits per heavy atom. The first-order valence-electron chi connectivity index (χ1n) is 4.28. The van der Waals surface area contributed by atoms with E-state index in [1.807, 2.05) is 17.5 Å². The van der Waals surface area contributed by atoms with Crippen LogP contribution in [0.4, 0.5) is 0 Å². The number of oxime groups is 1. The maximum atomic E-state index is 8.86. The smallest absolute Gasteiger partial charge is 0.0972 e. The van der Waals surface area contributed by atoms with Gasteiger partial charge in [0.2, 0.25) is 0 Å². The number of rotatable bonds is 2. The van der Waals surface area contributed by atoms with Crippen LogP contribution in [0.5, 0.6) is 0 Å². The van der Waals surface area contributed by atoms with E-state index in [1.165, 1.54) is 0 Å². The van der Waals surface area contributed by atoms with Crippen molar-refractivity contribution in [3.63, 3.8) is 0 Å². The molecule has 0 aromatic carbocycles. The van der Waals surface area contributed by atoms with E-state index in [9.17, 15) is 0 Å². The predicted molar refractivity (Wildman–Crippen MR) is 56.7 cm³/mol. The molecule has 0 unspecified atom stereocenters. The Balaban J connectivity index is 2.78. The second-order valence-electron chi connectivity index (χ2n) is 4.26. The SMILES string of the molecule is CC(C)(C)C/C(=N/O)c1cccs1. The van der Waals surface area contributed by atoms with Gasteiger partial charge in [-0.25, -0.2) is 0 Å². The largest absolute Gasteiger partial charge is 0.411 e. The molecule has 0 saturated heterocycles. The van der Waals surface area contributed by atoms with Crippen LogP contribution in [0.15, 0.2) is 22.7 Å². The van der Waals surface area contributed by atoms with E-state index < -0.39 is 0 Å². The highest BCUT2D eigenvalue weighted by Gasteiger charge is 2.16. The Morgan fingerprint density at radius 3 is 2.62 bits per heavy atom. The van der Waals surface area contributed by atoms with Gasteiger partial charge in [-0.3, -0.25) is 0 Å². The number of hydrogen-bond donors (Lipinski definition) is 1. The van der Waals surface area contributed by atoms with Gasteiger partial charge in [-0.1, -0.05) is 32.0 Å². The van der Waals surface area contributed by atoms with Crippen LogP contribution in [-0.2, 0) is 0 Å². The lowest BCUT2D eigenvalue weighted by atomic mass is 9.89. The first-order valence-corrected chi connectivity index (χ1v) is 5.16. The van der Waals surface area contributed by atoms with Crippen molar-refractivity contribution in [1.82, 2.24) is 0 Å². The van der Waals surface area contributed by atoms with Crippen molar-refractivity contribution in [1.29, 1.82) is 0 Å². The van der Waals surface area contributed by atoms with Crippen molar-refractivity contribution >= 4 is 17.0 Å². The first-order chi connectivity index (χ1) is 6.03. The highest BCUT2D eigenvalue weighted by Crippen LogP contribution is 2.23. The Labute approximate surface area is 82.9 Å². The second kappa shape index (κ2) is 3.92. The lowest BCUT2D eigenvalue weighted by Crippen LogP contribution is -2.13. The monoisotopic (exact) mass is 197 g/mol. The van der Waals surface area contributed by atoms with Crippen LogP contribution in [0.25, 0.3) is 0 Å². The summed E-state index contributed by atoms with van der Waals surface area (Å²) < 4.78 is 0. The molecule has 0 bridgehead atoms. The minimum absolute atomic E-state index is 0.158. The molecule has 0 aliphatic rings. The van der Waals surface area contributed by atoms with E-state index in [4.69, 9.17) is 5.21 Å². The average Bonchev–Trinajstić information content (AvgIpc) is 2.50. The molecule has 0 fully saturated rings. The molecule has 13 heavy (non-hydrogen) atoms. The van der Waals surface area contributed by atoms with Gasteiger partial charge in [-0.05, 0) is 23.3 Å². The molecule has 0 amide bonds. The van der Waals surface area contributed by atoms with Crippen LogP contribution in [0.2, 0.25) is 0 Å². The third kappa shape index (κ3) is 3.19. The Morgan fingerprint density at radius 2 is 2.23 bits per heavy atom. The van der Waals surface area contributed by atoms with Gasteiger partial charge in [0, 0.05) is 0 Å². The minimum Gasteiger partial charge on any atom is -0.411 e. The van der Waals surface area contributed by atoms with Gasteiger partial charge < -0.3 is 5.21 Å². The van der Waals surface area contributed by atoms with Gasteiger partial charge in [-0.15, -0.1) is 11.3 Å². The Bertz CT molecular complexity index is 282. The summed E-state index contributed by atoms with van der Waals surface area (Å²) in [6.07, 6.45) is 0.796. The summed E-state index contributed by atoms with van der Waals surface area (Å²) in [6, 6.07) is 3.94. The molecular formula is C10H15NOS. The maximum Gasteiger partial charge on any atom is 0.0972 e. The summed E-state index contributed by atoms with van der Waals surface area (Å²) >= 11 is 1.61. The third-order valence-electron chi connectivity index (χ3n) is 1.62. The summed E-state index contributed by atoms with van der Waals surface area (Å²) in [7, 11) is 0. The molecular weight excluding hydrogens is 182 g/mol. The van der Waals surface area contributed by atoms with Crippen molar-refractivity contribution in [3.8, 4) is 0 Å². The minimum atomic E-state index is 0.158. The van der Waals surface area contributed by atoms with Crippen LogP contribution < -0.4 is 0 Å². The quantitative estimate of drug-likeness (QED) is 0.440. The molecule has 0 saturated carbocycles. The van der Waals surface area contributed by atoms with E-state index in [0.717, 1.165) is 17.0 Å². The molecule has 0 atom stereocenters. The van der Waals surface area contributed by atoms with E-state index >= 15 is 0 Å². The van der Waals surface area contributed by atoms with Gasteiger partial charge in [0.1, 0.15) is 0 Å². The van der Waals surface area contributed by atoms with E-state index in [0.29, 0.717) is 0 Å². The Kier molecular flexibility index (Phi) is 3.09. The fourth-order valence-corrected chi connectivity index (χ4v) is 1.83. The van der Waals surface area contributed by atoms with Crippen LogP contribution in [0, 0.1) is 5.41 Å². The van der Waals surface area contributed by atoms with E-state index in [2.05, 4.69) is 25.9 Å². The summed E-state index contributed by atoms with van der Waals surface area (Å²) in [6.45, 7) is 6.39. The van der Waals surface area contributed by atoms with E-state index in [-0.39, 0.29) is 5.41 Å². The molecule has 2 nitrogen and oxygen atoms in total. The lowest BCUT2D eigenvalue weighted by molar-refractivity contribution is 0.313. The van der Waals surface area contributed by atoms with Gasteiger partial charge in [-0.2, -0.15) is 0 Å². The molecule has 3 heteroatoms. The molecule has 1 rings (SSSR count). The molecule has 1 N–H and O–H groups in total. The van der Waals surface area contributed by atoms with Crippen molar-refractivity contribution in [2.45, 2.75) is 27.2 Å². The Hall–Kier alpha value is -0.830. The standard InChI is InChI=1S/C10H15NOS/c1-10(2,3)7-8(11-12)9-5-4-6-13-9/h4-6,12H,7H2,1-3H3/b11-8-. The second-order valence-corrected chi connectivity index (χ2v) is 5.21. The van der Waals surface area contributed by atoms with Crippen molar-refractivity contribution in [2.24, 2.45) is 10.6 Å². The van der Waals surface area contributed by atoms with Crippen LogP contribution in [0.3, 0.4) is 0 Å². The summed E-state index contributed by atoms with van der Waals surface area (Å²) in [4.78, 5) is 1.05. The van der Waals surface area contributed by atoms with Crippen LogP contribution in [-0.4, -0.2) is 10.9 Å². The predicted octanol–water partition coefficient (Wildman–Crippen LogP) is 3.36. The normalized spacial score (nSPS) is 13.3. The third-order valence-corrected chi connectivity index (χ3v) is 2.54. The van der Waals surface area contributed by atoms with Crippen LogP contribution in [0.1, 0.15) is 32.1 Å². The summed E-state index contributed by atoms with van der Waals surface area (Å²) in [5.74, 6) is 0. The number of nitrogens with zero attached hydrogens (tertiary/aromatic N) is 1. The maximum absolute atomic E-state index is 8.86. The highest BCUT2D eigenvalue weighted by molar-refractivity contribution is 7.12. The van der Waals surface area contributed by atoms with Crippen LogP contribution >= 0.6 is 11.3 Å². The fraction of sp³-hybridized carbons (Fsp3) is 0.500. The lowest BCUT2D eigenvalue weighted by Gasteiger charge is -2.17. The topological polar surface area (TPSA) is 32.6 Å². The van der Waals surface area contributed by atoms with Crippen molar-refractivity contribution < 1.29 is 5.21 Å². The molecule has 1 heterocycles. The average molecular weight is 197 g/mol. The molecule has 0 spiro atoms. The molecule has 1 aromatic rings. The molecule has 0 radical (unpaired) electrons. The highest BCUT2D eigenvalue weighted by atomic mass is 32.1. The summed E-state index contributed by atoms with van der Waals surface area (Å²) in [5.41, 5.74) is 0.938. The van der Waals surface area contributed by atoms with Gasteiger partial charge in [0.25, 0.3) is 0 Å². The molecule has 0 aliphatic carbocycles. The van der Waals surface area contributed by atoms with Crippen molar-refractivity contribution in [2.75, 3.05) is 0 Å². The van der Waals surface area contributed by atoms with Gasteiger partial charge in [0.15, 0.2) is 0 Å². The number of hydrogen-bond acceptors (Lipinski definition) is 3. The first kappa shape index (κ1) is 10.3. The van der Waals surface area contributed by atoms with Gasteiger partial charge >= 0.3 is 0 Å². The zero-order chi connectivity index (χ0) is 9.90. The zero-order valence-corrected chi connectivity index (χ0v) is 9.06. The number of thiophene rings is 1. The van der Waals surface area contributed by atoms with E-state index in [1.54, 1.807) is 11.3 Å². The zero-order valence-electron chi connectivity index (χ0n) is 8.24. The molecule has 0 aliphatic heterocycles. The molecule has 1 aromatic heterocycles. The van der Waals surface area contributed by atoms with Gasteiger partial charge in [0.05, 0.1) is 10.6 Å². The summed E-state index contributed by atoms with van der Waals surface area (Å²) in [5, 5.41) is 14.2. The van der Waals surface area contributed by atoms with Crippen molar-refractivity contribution in [3.05, 3.63) is 22.4 Å².